The van der Waals surface area contributed by atoms with Crippen molar-refractivity contribution in [2.75, 3.05) is 0 Å². The Kier molecular flexibility index (Phi) is 5.73. The van der Waals surface area contributed by atoms with Crippen molar-refractivity contribution < 1.29 is 10.2 Å². The van der Waals surface area contributed by atoms with Gasteiger partial charge in [0.15, 0.2) is 0 Å². The molecule has 3 aliphatic carbocycles. The van der Waals surface area contributed by atoms with Crippen molar-refractivity contribution in [3.8, 4) is 0 Å². The summed E-state index contributed by atoms with van der Waals surface area (Å²) in [5.74, 6) is -0.865. The molecule has 4 aromatic rings. The number of benzene rings is 4. The molecule has 0 saturated heterocycles. The second-order valence-electron chi connectivity index (χ2n) is 10.9. The van der Waals surface area contributed by atoms with Gasteiger partial charge in [-0.3, -0.25) is 0 Å². The molecule has 0 amide bonds. The van der Waals surface area contributed by atoms with E-state index in [2.05, 4.69) is 12.1 Å². The van der Waals surface area contributed by atoms with Crippen LogP contribution in [0.2, 0.25) is 20.1 Å². The molecule has 4 aromatic carbocycles. The number of aliphatic hydroxyl groups excluding tert-OH is 1. The van der Waals surface area contributed by atoms with E-state index in [0.29, 0.717) is 32.9 Å². The van der Waals surface area contributed by atoms with Gasteiger partial charge >= 0.3 is 0 Å². The summed E-state index contributed by atoms with van der Waals surface area (Å²) >= 11 is 26.5. The maximum atomic E-state index is 13.2. The van der Waals surface area contributed by atoms with E-state index in [-0.39, 0.29) is 17.8 Å². The van der Waals surface area contributed by atoms with E-state index in [0.717, 1.165) is 33.4 Å². The lowest BCUT2D eigenvalue weighted by molar-refractivity contribution is -0.145. The number of hydrogen-bond donors (Lipinski definition) is 2. The van der Waals surface area contributed by atoms with Gasteiger partial charge in [0.05, 0.1) is 6.10 Å². The third-order valence-corrected chi connectivity index (χ3v) is 10.5. The van der Waals surface area contributed by atoms with Crippen LogP contribution in [0.5, 0.6) is 0 Å². The molecule has 1 fully saturated rings. The minimum Gasteiger partial charge on any atom is -0.388 e. The molecule has 38 heavy (non-hydrogen) atoms. The summed E-state index contributed by atoms with van der Waals surface area (Å²) in [5.41, 5.74) is 3.25. The van der Waals surface area contributed by atoms with Crippen molar-refractivity contribution in [3.63, 3.8) is 0 Å². The summed E-state index contributed by atoms with van der Waals surface area (Å²) in [7, 11) is 0. The first-order valence-corrected chi connectivity index (χ1v) is 14.2. The zero-order chi connectivity index (χ0) is 26.4. The van der Waals surface area contributed by atoms with Crippen LogP contribution < -0.4 is 0 Å². The Morgan fingerprint density at radius 1 is 0.684 bits per heavy atom. The van der Waals surface area contributed by atoms with E-state index in [1.54, 1.807) is 12.1 Å². The normalized spacial score (nSPS) is 30.9. The summed E-state index contributed by atoms with van der Waals surface area (Å²) < 4.78 is 0. The minimum atomic E-state index is -1.34. The molecule has 7 rings (SSSR count). The fourth-order valence-corrected chi connectivity index (χ4v) is 9.15. The average molecular weight is 582 g/mol. The van der Waals surface area contributed by atoms with Gasteiger partial charge in [0.25, 0.3) is 0 Å². The second kappa shape index (κ2) is 8.73. The van der Waals surface area contributed by atoms with Crippen LogP contribution in [0, 0.1) is 11.3 Å². The minimum absolute atomic E-state index is 0.250. The molecule has 0 aliphatic heterocycles. The van der Waals surface area contributed by atoms with Crippen LogP contribution in [0.1, 0.15) is 51.3 Å². The summed E-state index contributed by atoms with van der Waals surface area (Å²) in [6.45, 7) is 0. The predicted octanol–water partition coefficient (Wildman–Crippen LogP) is 8.52. The molecule has 192 valence electrons. The van der Waals surface area contributed by atoms with Crippen LogP contribution >= 0.6 is 46.4 Å². The monoisotopic (exact) mass is 580 g/mol. The highest BCUT2D eigenvalue weighted by Gasteiger charge is 2.75. The van der Waals surface area contributed by atoms with Crippen LogP contribution in [0.4, 0.5) is 0 Å². The third kappa shape index (κ3) is 3.17. The molecule has 3 aliphatic rings. The quantitative estimate of drug-likeness (QED) is 0.249. The molecule has 2 nitrogen and oxygen atoms in total. The first-order valence-electron chi connectivity index (χ1n) is 12.7. The fourth-order valence-electron chi connectivity index (χ4n) is 8.09. The van der Waals surface area contributed by atoms with Gasteiger partial charge in [-0.15, -0.1) is 0 Å². The highest BCUT2D eigenvalue weighted by Crippen LogP contribution is 2.77. The van der Waals surface area contributed by atoms with E-state index in [4.69, 9.17) is 46.4 Å². The van der Waals surface area contributed by atoms with Gasteiger partial charge in [-0.25, -0.2) is 0 Å². The highest BCUT2D eigenvalue weighted by molar-refractivity contribution is 6.35. The van der Waals surface area contributed by atoms with Crippen molar-refractivity contribution in [3.05, 3.63) is 138 Å². The van der Waals surface area contributed by atoms with Crippen LogP contribution in [0.15, 0.2) is 84.9 Å². The Morgan fingerprint density at radius 3 is 1.95 bits per heavy atom. The van der Waals surface area contributed by atoms with Gasteiger partial charge in [-0.2, -0.15) is 0 Å². The number of hydrogen-bond acceptors (Lipinski definition) is 2. The van der Waals surface area contributed by atoms with E-state index in [1.807, 2.05) is 60.7 Å². The SMILES string of the molecule is O[C@@H]1c2ccccc2C[C@]12[C@H](c1ccc(Cl)cc1Cl)[C@@H](c1ccc(Cl)cc1Cl)[C@H]1Cc3ccccc3[C@]12O. The molecule has 2 N–H and O–H groups in total. The molecule has 6 heteroatoms. The second-order valence-corrected chi connectivity index (χ2v) is 12.6. The van der Waals surface area contributed by atoms with Crippen molar-refractivity contribution >= 4 is 46.4 Å². The van der Waals surface area contributed by atoms with Gasteiger partial charge in [0, 0.05) is 37.3 Å². The van der Waals surface area contributed by atoms with Crippen molar-refractivity contribution in [2.24, 2.45) is 11.3 Å². The molecule has 0 radical (unpaired) electrons. The first kappa shape index (κ1) is 25.0. The highest BCUT2D eigenvalue weighted by atomic mass is 35.5. The number of fused-ring (bicyclic) bond motifs is 5. The fraction of sp³-hybridized carbons (Fsp3) is 0.250. The Bertz CT molecular complexity index is 1600. The van der Waals surface area contributed by atoms with E-state index in [9.17, 15) is 10.2 Å². The Balaban J connectivity index is 1.59. The lowest BCUT2D eigenvalue weighted by Crippen LogP contribution is -2.48. The number of rotatable bonds is 2. The van der Waals surface area contributed by atoms with Crippen LogP contribution in [-0.2, 0) is 18.4 Å². The van der Waals surface area contributed by atoms with Crippen molar-refractivity contribution in [1.29, 1.82) is 0 Å². The van der Waals surface area contributed by atoms with Crippen molar-refractivity contribution in [1.82, 2.24) is 0 Å². The average Bonchev–Trinajstić information content (AvgIpc) is 3.44. The third-order valence-electron chi connectivity index (χ3n) is 9.40. The van der Waals surface area contributed by atoms with Gasteiger partial charge in [0.1, 0.15) is 5.60 Å². The zero-order valence-corrected chi connectivity index (χ0v) is 23.2. The van der Waals surface area contributed by atoms with Crippen LogP contribution in [0.3, 0.4) is 0 Å². The van der Waals surface area contributed by atoms with Crippen LogP contribution in [0.25, 0.3) is 0 Å². The van der Waals surface area contributed by atoms with E-state index in [1.165, 1.54) is 0 Å². The van der Waals surface area contributed by atoms with Crippen molar-refractivity contribution in [2.45, 2.75) is 36.4 Å². The summed E-state index contributed by atoms with van der Waals surface area (Å²) in [5, 5.41) is 27.7. The molecule has 0 aromatic heterocycles. The molecule has 0 bridgehead atoms. The van der Waals surface area contributed by atoms with E-state index < -0.39 is 17.1 Å². The molecule has 1 saturated carbocycles. The maximum Gasteiger partial charge on any atom is 0.103 e. The van der Waals surface area contributed by atoms with Gasteiger partial charge in [-0.05, 0) is 76.4 Å². The molecule has 1 spiro atoms. The van der Waals surface area contributed by atoms with E-state index >= 15 is 0 Å². The molecular weight excluding hydrogens is 558 g/mol. The Morgan fingerprint density at radius 2 is 1.29 bits per heavy atom. The van der Waals surface area contributed by atoms with Gasteiger partial charge in [0.2, 0.25) is 0 Å². The smallest absolute Gasteiger partial charge is 0.103 e. The van der Waals surface area contributed by atoms with Gasteiger partial charge < -0.3 is 10.2 Å². The maximum absolute atomic E-state index is 13.2. The molecule has 6 atom stereocenters. The first-order chi connectivity index (χ1) is 18.3. The topological polar surface area (TPSA) is 40.5 Å². The van der Waals surface area contributed by atoms with Gasteiger partial charge in [-0.1, -0.05) is 107 Å². The zero-order valence-electron chi connectivity index (χ0n) is 20.2. The largest absolute Gasteiger partial charge is 0.388 e. The molecule has 0 unspecified atom stereocenters. The lowest BCUT2D eigenvalue weighted by atomic mass is 9.61. The number of aliphatic hydroxyl groups is 2. The van der Waals surface area contributed by atoms with Crippen LogP contribution in [-0.4, -0.2) is 10.2 Å². The Hall–Kier alpha value is -2.04. The standard InChI is InChI=1S/C32H24Cl4O2/c33-19-9-11-22(26(35)14-19)28-25-13-17-5-2-4-8-24(17)32(25,38)31(16-18-6-1-3-7-21(18)30(31)37)29(28)23-12-10-20(34)15-27(23)36/h1-12,14-15,25,28-30,37-38H,13,16H2/t25-,28+,29-,30-,31+,32+/m1/s1. The molecular formula is C32H24Cl4O2. The lowest BCUT2D eigenvalue weighted by Gasteiger charge is -2.46. The summed E-state index contributed by atoms with van der Waals surface area (Å²) in [6.07, 6.45) is 0.227. The molecule has 0 heterocycles. The summed E-state index contributed by atoms with van der Waals surface area (Å²) in [4.78, 5) is 0. The Labute approximate surface area is 241 Å². The number of halogens is 4. The predicted molar refractivity (Wildman–Crippen MR) is 153 cm³/mol. The summed E-state index contributed by atoms with van der Waals surface area (Å²) in [6, 6.07) is 27.1.